The normalized spacial score (nSPS) is 14.3. The topological polar surface area (TPSA) is 78.6 Å². The molecule has 1 aliphatic rings. The van der Waals surface area contributed by atoms with Crippen LogP contribution >= 0.6 is 0 Å². The fourth-order valence-corrected chi connectivity index (χ4v) is 4.09. The van der Waals surface area contributed by atoms with E-state index in [0.29, 0.717) is 39.9 Å². The molecule has 0 saturated heterocycles. The van der Waals surface area contributed by atoms with E-state index in [4.69, 9.17) is 19.2 Å². The lowest BCUT2D eigenvalue weighted by Crippen LogP contribution is -2.07. The van der Waals surface area contributed by atoms with Crippen molar-refractivity contribution in [2.75, 3.05) is 21.3 Å². The second-order valence-electron chi connectivity index (χ2n) is 8.04. The fraction of sp³-hybridized carbons (Fsp3) is 0.280. The van der Waals surface area contributed by atoms with Crippen molar-refractivity contribution in [2.24, 2.45) is 5.92 Å². The molecule has 2 aromatic heterocycles. The van der Waals surface area contributed by atoms with Gasteiger partial charge in [0.2, 0.25) is 0 Å². The third kappa shape index (κ3) is 3.76. The number of methoxy groups -OCH3 is 3. The molecule has 1 unspecified atom stereocenters. The Morgan fingerprint density at radius 3 is 2.39 bits per heavy atom. The number of rotatable bonds is 7. The van der Waals surface area contributed by atoms with Crippen molar-refractivity contribution in [3.05, 3.63) is 60.2 Å². The van der Waals surface area contributed by atoms with E-state index >= 15 is 0 Å². The Hall–Kier alpha value is -3.65. The Balaban J connectivity index is 1.70. The van der Waals surface area contributed by atoms with Crippen molar-refractivity contribution in [3.8, 4) is 34.3 Å². The second kappa shape index (κ2) is 8.37. The van der Waals surface area contributed by atoms with Crippen LogP contribution in [0.1, 0.15) is 24.5 Å². The summed E-state index contributed by atoms with van der Waals surface area (Å²) >= 11 is 0. The lowest BCUT2D eigenvalue weighted by molar-refractivity contribution is 0.154. The van der Waals surface area contributed by atoms with E-state index in [-0.39, 0.29) is 5.92 Å². The van der Waals surface area contributed by atoms with Gasteiger partial charge < -0.3 is 19.3 Å². The maximum absolute atomic E-state index is 13.9. The zero-order chi connectivity index (χ0) is 23.1. The summed E-state index contributed by atoms with van der Waals surface area (Å²) in [5, 5.41) is 10.9. The van der Waals surface area contributed by atoms with E-state index in [1.807, 2.05) is 22.8 Å². The molecule has 1 aliphatic carbocycles. The van der Waals surface area contributed by atoms with E-state index in [2.05, 4.69) is 4.98 Å². The molecule has 1 atom stereocenters. The third-order valence-corrected chi connectivity index (χ3v) is 6.02. The zero-order valence-corrected chi connectivity index (χ0v) is 18.6. The third-order valence-electron chi connectivity index (χ3n) is 6.02. The average molecular weight is 449 g/mol. The van der Waals surface area contributed by atoms with Crippen molar-refractivity contribution in [2.45, 2.75) is 18.9 Å². The van der Waals surface area contributed by atoms with Gasteiger partial charge in [-0.15, -0.1) is 0 Å². The van der Waals surface area contributed by atoms with Crippen LogP contribution in [0.25, 0.3) is 28.1 Å². The van der Waals surface area contributed by atoms with Gasteiger partial charge in [-0.1, -0.05) is 6.07 Å². The molecule has 0 aliphatic heterocycles. The quantitative estimate of drug-likeness (QED) is 0.441. The molecule has 1 saturated carbocycles. The molecule has 4 aromatic rings. The molecule has 8 heteroatoms. The number of imidazole rings is 1. The van der Waals surface area contributed by atoms with Gasteiger partial charge in [0.05, 0.1) is 44.2 Å². The minimum Gasteiger partial charge on any atom is -0.496 e. The van der Waals surface area contributed by atoms with Gasteiger partial charge >= 0.3 is 0 Å². The zero-order valence-electron chi connectivity index (χ0n) is 18.6. The Labute approximate surface area is 190 Å². The number of halogens is 1. The van der Waals surface area contributed by atoms with Crippen LogP contribution in [0.15, 0.2) is 48.8 Å². The van der Waals surface area contributed by atoms with E-state index < -0.39 is 11.9 Å². The number of hydrogen-bond acceptors (Lipinski definition) is 6. The molecule has 1 fully saturated rings. The molecule has 33 heavy (non-hydrogen) atoms. The lowest BCUT2D eigenvalue weighted by Gasteiger charge is -2.18. The highest BCUT2D eigenvalue weighted by molar-refractivity contribution is 5.82. The van der Waals surface area contributed by atoms with Crippen LogP contribution < -0.4 is 14.2 Å². The van der Waals surface area contributed by atoms with Crippen LogP contribution in [0.4, 0.5) is 4.39 Å². The molecule has 0 amide bonds. The van der Waals surface area contributed by atoms with Gasteiger partial charge in [0, 0.05) is 29.3 Å². The lowest BCUT2D eigenvalue weighted by atomic mass is 9.98. The highest BCUT2D eigenvalue weighted by Crippen LogP contribution is 2.45. The summed E-state index contributed by atoms with van der Waals surface area (Å²) < 4.78 is 32.0. The monoisotopic (exact) mass is 449 g/mol. The summed E-state index contributed by atoms with van der Waals surface area (Å²) in [5.74, 6) is 1.91. The maximum Gasteiger partial charge on any atom is 0.163 e. The van der Waals surface area contributed by atoms with Gasteiger partial charge in [-0.3, -0.25) is 4.57 Å². The second-order valence-corrected chi connectivity index (χ2v) is 8.04. The number of fused-ring (bicyclic) bond motifs is 1. The van der Waals surface area contributed by atoms with Crippen molar-refractivity contribution in [1.82, 2.24) is 14.5 Å². The highest BCUT2D eigenvalue weighted by Gasteiger charge is 2.33. The molecule has 170 valence electrons. The first kappa shape index (κ1) is 21.2. The summed E-state index contributed by atoms with van der Waals surface area (Å²) in [6.45, 7) is 0. The van der Waals surface area contributed by atoms with Crippen LogP contribution in [0, 0.1) is 11.7 Å². The molecule has 7 nitrogen and oxygen atoms in total. The first-order valence-electron chi connectivity index (χ1n) is 10.7. The van der Waals surface area contributed by atoms with Gasteiger partial charge in [0.1, 0.15) is 23.7 Å². The van der Waals surface area contributed by atoms with E-state index in [1.165, 1.54) is 19.2 Å². The Morgan fingerprint density at radius 2 is 1.70 bits per heavy atom. The molecule has 0 radical (unpaired) electrons. The summed E-state index contributed by atoms with van der Waals surface area (Å²) in [6.07, 6.45) is 2.96. The molecule has 1 N–H and O–H groups in total. The van der Waals surface area contributed by atoms with E-state index in [1.54, 1.807) is 32.7 Å². The van der Waals surface area contributed by atoms with Crippen molar-refractivity contribution in [3.63, 3.8) is 0 Å². The molecule has 0 spiro atoms. The van der Waals surface area contributed by atoms with Crippen molar-refractivity contribution < 1.29 is 23.7 Å². The molecule has 2 aromatic carbocycles. The van der Waals surface area contributed by atoms with Crippen molar-refractivity contribution in [1.29, 1.82) is 0 Å². The van der Waals surface area contributed by atoms with Crippen LogP contribution in [0.5, 0.6) is 17.2 Å². The first-order chi connectivity index (χ1) is 16.0. The number of benzene rings is 2. The highest BCUT2D eigenvalue weighted by atomic mass is 19.1. The molecule has 0 bridgehead atoms. The van der Waals surface area contributed by atoms with Gasteiger partial charge in [-0.2, -0.15) is 0 Å². The first-order valence-corrected chi connectivity index (χ1v) is 10.7. The molecular formula is C25H24FN3O4. The Bertz CT molecular complexity index is 1330. The van der Waals surface area contributed by atoms with Crippen LogP contribution in [0.3, 0.4) is 0 Å². The average Bonchev–Trinajstić information content (AvgIpc) is 3.62. The number of pyridine rings is 1. The SMILES string of the molecule is COc1cc2ncn(-c3ccc(C(O)C4CC4)c(-c4ccc(F)cc4OC)n3)c2cc1OC. The number of aromatic nitrogens is 3. The minimum absolute atomic E-state index is 0.202. The van der Waals surface area contributed by atoms with Crippen LogP contribution in [-0.4, -0.2) is 41.0 Å². The maximum atomic E-state index is 13.9. The van der Waals surface area contributed by atoms with Gasteiger partial charge in [0.25, 0.3) is 0 Å². The van der Waals surface area contributed by atoms with E-state index in [0.717, 1.165) is 23.9 Å². The smallest absolute Gasteiger partial charge is 0.163 e. The van der Waals surface area contributed by atoms with Crippen LogP contribution in [-0.2, 0) is 0 Å². The van der Waals surface area contributed by atoms with Crippen molar-refractivity contribution >= 4 is 11.0 Å². The number of hydrogen-bond donors (Lipinski definition) is 1. The standard InChI is InChI=1S/C25H24FN3O4/c1-31-20-10-15(26)6-7-16(20)24-17(25(30)14-4-5-14)8-9-23(28-24)29-13-27-18-11-21(32-2)22(33-3)12-19(18)29/h6-14,25,30H,4-5H2,1-3H3. The number of ether oxygens (including phenoxy) is 3. The van der Waals surface area contributed by atoms with Gasteiger partial charge in [-0.25, -0.2) is 14.4 Å². The summed E-state index contributed by atoms with van der Waals surface area (Å²) in [4.78, 5) is 9.38. The predicted molar refractivity (Wildman–Crippen MR) is 122 cm³/mol. The van der Waals surface area contributed by atoms with E-state index in [9.17, 15) is 9.50 Å². The minimum atomic E-state index is -0.653. The largest absolute Gasteiger partial charge is 0.496 e. The number of aliphatic hydroxyl groups is 1. The van der Waals surface area contributed by atoms with Crippen LogP contribution in [0.2, 0.25) is 0 Å². The summed E-state index contributed by atoms with van der Waals surface area (Å²) in [6, 6.07) is 11.7. The number of aliphatic hydroxyl groups excluding tert-OH is 1. The van der Waals surface area contributed by atoms with Gasteiger partial charge in [-0.05, 0) is 37.0 Å². The van der Waals surface area contributed by atoms with Gasteiger partial charge in [0.15, 0.2) is 11.5 Å². The summed E-state index contributed by atoms with van der Waals surface area (Å²) in [5.41, 5.74) is 3.35. The molecule has 5 rings (SSSR count). The fourth-order valence-electron chi connectivity index (χ4n) is 4.09. The Morgan fingerprint density at radius 1 is 0.970 bits per heavy atom. The molecule has 2 heterocycles. The summed E-state index contributed by atoms with van der Waals surface area (Å²) in [7, 11) is 4.65. The molecular weight excluding hydrogens is 425 g/mol. The Kier molecular flexibility index (Phi) is 5.38. The number of nitrogens with zero attached hydrogens (tertiary/aromatic N) is 3. The predicted octanol–water partition coefficient (Wildman–Crippen LogP) is 4.70.